The average molecular weight is 391 g/mol. The van der Waals surface area contributed by atoms with Crippen molar-refractivity contribution < 1.29 is 9.21 Å². The molecule has 0 aliphatic heterocycles. The number of carbonyl (C=O) groups is 1. The van der Waals surface area contributed by atoms with Crippen LogP contribution in [-0.2, 0) is 0 Å². The Labute approximate surface area is 172 Å². The third kappa shape index (κ3) is 3.44. The molecule has 30 heavy (non-hydrogen) atoms. The van der Waals surface area contributed by atoms with Crippen LogP contribution in [0.5, 0.6) is 0 Å². The Morgan fingerprint density at radius 2 is 1.80 bits per heavy atom. The molecule has 2 aromatic carbocycles. The van der Waals surface area contributed by atoms with Crippen molar-refractivity contribution in [3.8, 4) is 17.1 Å². The number of pyridine rings is 1. The van der Waals surface area contributed by atoms with Crippen LogP contribution in [0.3, 0.4) is 0 Å². The lowest BCUT2D eigenvalue weighted by Crippen LogP contribution is -1.94. The quantitative estimate of drug-likeness (QED) is 0.290. The van der Waals surface area contributed by atoms with E-state index in [4.69, 9.17) is 9.52 Å². The predicted molar refractivity (Wildman–Crippen MR) is 116 cm³/mol. The fourth-order valence-corrected chi connectivity index (χ4v) is 3.28. The maximum absolute atomic E-state index is 12.5. The van der Waals surface area contributed by atoms with Crippen molar-refractivity contribution in [1.82, 2.24) is 14.8 Å². The van der Waals surface area contributed by atoms with Gasteiger partial charge in [-0.05, 0) is 48.6 Å². The zero-order valence-corrected chi connectivity index (χ0v) is 16.0. The minimum Gasteiger partial charge on any atom is -0.454 e. The van der Waals surface area contributed by atoms with E-state index in [9.17, 15) is 4.79 Å². The first-order valence-corrected chi connectivity index (χ1v) is 9.54. The summed E-state index contributed by atoms with van der Waals surface area (Å²) in [6, 6.07) is 23.1. The van der Waals surface area contributed by atoms with E-state index in [1.807, 2.05) is 66.9 Å². The van der Waals surface area contributed by atoms with Gasteiger partial charge < -0.3 is 4.42 Å². The summed E-state index contributed by atoms with van der Waals surface area (Å²) >= 11 is 0. The third-order valence-corrected chi connectivity index (χ3v) is 4.78. The lowest BCUT2D eigenvalue weighted by Gasteiger charge is -1.98. The summed E-state index contributed by atoms with van der Waals surface area (Å²) in [4.78, 5) is 16.5. The Morgan fingerprint density at radius 1 is 0.967 bits per heavy atom. The molecule has 3 heterocycles. The van der Waals surface area contributed by atoms with Crippen LogP contribution >= 0.6 is 0 Å². The number of furan rings is 1. The fraction of sp³-hybridized carbons (Fsp3) is 0. The van der Waals surface area contributed by atoms with E-state index in [1.54, 1.807) is 35.3 Å². The highest BCUT2D eigenvalue weighted by Gasteiger charge is 2.15. The van der Waals surface area contributed by atoms with Gasteiger partial charge in [0, 0.05) is 35.1 Å². The number of fused-ring (bicyclic) bond motifs is 1. The van der Waals surface area contributed by atoms with E-state index >= 15 is 0 Å². The van der Waals surface area contributed by atoms with E-state index in [1.165, 1.54) is 6.08 Å². The molecule has 144 valence electrons. The van der Waals surface area contributed by atoms with Crippen LogP contribution in [-0.4, -0.2) is 20.5 Å². The van der Waals surface area contributed by atoms with Crippen LogP contribution < -0.4 is 0 Å². The average Bonchev–Trinajstić information content (AvgIpc) is 3.43. The highest BCUT2D eigenvalue weighted by Crippen LogP contribution is 2.30. The first-order chi connectivity index (χ1) is 14.8. The molecule has 5 rings (SSSR count). The van der Waals surface area contributed by atoms with Gasteiger partial charge in [-0.15, -0.1) is 0 Å². The number of para-hydroxylation sites is 2. The number of carbonyl (C=O) groups excluding carboxylic acids is 1. The van der Waals surface area contributed by atoms with Gasteiger partial charge in [-0.1, -0.05) is 36.4 Å². The molecule has 0 saturated carbocycles. The minimum atomic E-state index is -0.119. The van der Waals surface area contributed by atoms with Gasteiger partial charge in [-0.25, -0.2) is 4.68 Å². The summed E-state index contributed by atoms with van der Waals surface area (Å²) in [6.07, 6.45) is 8.40. The second kappa shape index (κ2) is 7.64. The van der Waals surface area contributed by atoms with Crippen molar-refractivity contribution >= 4 is 22.8 Å². The number of benzene rings is 2. The Balaban J connectivity index is 1.58. The summed E-state index contributed by atoms with van der Waals surface area (Å²) in [5, 5.41) is 5.75. The molecule has 3 aromatic heterocycles. The Kier molecular flexibility index (Phi) is 4.54. The zero-order chi connectivity index (χ0) is 20.3. The maximum Gasteiger partial charge on any atom is 0.187 e. The SMILES string of the molecule is O=C(/C=C/c1cn(-c2ccccc2)nc1-c1cc2ccccc2o1)c1cccnc1. The Hall–Kier alpha value is -4.25. The molecule has 5 nitrogen and oxygen atoms in total. The highest BCUT2D eigenvalue weighted by molar-refractivity contribution is 6.06. The molecule has 0 saturated heterocycles. The second-order valence-corrected chi connectivity index (χ2v) is 6.80. The molecule has 0 bridgehead atoms. The van der Waals surface area contributed by atoms with E-state index in [0.717, 1.165) is 22.2 Å². The van der Waals surface area contributed by atoms with Crippen LogP contribution in [0.1, 0.15) is 15.9 Å². The second-order valence-electron chi connectivity index (χ2n) is 6.80. The van der Waals surface area contributed by atoms with E-state index in [0.29, 0.717) is 17.0 Å². The summed E-state index contributed by atoms with van der Waals surface area (Å²) < 4.78 is 7.82. The molecule has 0 radical (unpaired) electrons. The summed E-state index contributed by atoms with van der Waals surface area (Å²) in [5.41, 5.74) is 3.71. The summed E-state index contributed by atoms with van der Waals surface area (Å²) in [6.45, 7) is 0. The van der Waals surface area contributed by atoms with E-state index in [2.05, 4.69) is 4.98 Å². The van der Waals surface area contributed by atoms with Gasteiger partial charge in [0.05, 0.1) is 5.69 Å². The molecule has 5 aromatic rings. The fourth-order valence-electron chi connectivity index (χ4n) is 3.28. The number of hydrogen-bond donors (Lipinski definition) is 0. The number of rotatable bonds is 5. The molecule has 0 amide bonds. The van der Waals surface area contributed by atoms with Crippen LogP contribution in [0.4, 0.5) is 0 Å². The maximum atomic E-state index is 12.5. The number of hydrogen-bond acceptors (Lipinski definition) is 4. The van der Waals surface area contributed by atoms with Gasteiger partial charge in [0.1, 0.15) is 11.3 Å². The zero-order valence-electron chi connectivity index (χ0n) is 16.0. The van der Waals surface area contributed by atoms with Gasteiger partial charge in [0.15, 0.2) is 11.5 Å². The largest absolute Gasteiger partial charge is 0.454 e. The minimum absolute atomic E-state index is 0.119. The molecule has 0 aliphatic rings. The van der Waals surface area contributed by atoms with Crippen LogP contribution in [0.25, 0.3) is 34.2 Å². The van der Waals surface area contributed by atoms with Gasteiger partial charge in [0.25, 0.3) is 0 Å². The molecule has 0 atom stereocenters. The van der Waals surface area contributed by atoms with Crippen LogP contribution in [0.15, 0.2) is 102 Å². The van der Waals surface area contributed by atoms with E-state index < -0.39 is 0 Å². The topological polar surface area (TPSA) is 60.9 Å². The van der Waals surface area contributed by atoms with Gasteiger partial charge >= 0.3 is 0 Å². The summed E-state index contributed by atoms with van der Waals surface area (Å²) in [5.74, 6) is 0.533. The molecule has 5 heteroatoms. The molecule has 0 fully saturated rings. The number of allylic oxidation sites excluding steroid dienone is 1. The molecule has 0 spiro atoms. The molecular weight excluding hydrogens is 374 g/mol. The number of ketones is 1. The predicted octanol–water partition coefficient (Wildman–Crippen LogP) is 5.58. The van der Waals surface area contributed by atoms with Crippen molar-refractivity contribution in [2.75, 3.05) is 0 Å². The van der Waals surface area contributed by atoms with Crippen LogP contribution in [0.2, 0.25) is 0 Å². The van der Waals surface area contributed by atoms with Crippen molar-refractivity contribution in [1.29, 1.82) is 0 Å². The molecule has 0 unspecified atom stereocenters. The smallest absolute Gasteiger partial charge is 0.187 e. The molecule has 0 N–H and O–H groups in total. The number of nitrogens with zero attached hydrogens (tertiary/aromatic N) is 3. The van der Waals surface area contributed by atoms with Crippen molar-refractivity contribution in [3.63, 3.8) is 0 Å². The van der Waals surface area contributed by atoms with Crippen LogP contribution in [0, 0.1) is 0 Å². The van der Waals surface area contributed by atoms with Crippen molar-refractivity contribution in [2.45, 2.75) is 0 Å². The van der Waals surface area contributed by atoms with E-state index in [-0.39, 0.29) is 5.78 Å². The number of aromatic nitrogens is 3. The molecule has 0 aliphatic carbocycles. The molecular formula is C25H17N3O2. The monoisotopic (exact) mass is 391 g/mol. The van der Waals surface area contributed by atoms with Crippen molar-refractivity contribution in [3.05, 3.63) is 109 Å². The first kappa shape index (κ1) is 17.8. The Bertz CT molecular complexity index is 1320. The first-order valence-electron chi connectivity index (χ1n) is 9.54. The lowest BCUT2D eigenvalue weighted by molar-refractivity contribution is 0.104. The highest BCUT2D eigenvalue weighted by atomic mass is 16.3. The van der Waals surface area contributed by atoms with Gasteiger partial charge in [-0.2, -0.15) is 5.10 Å². The standard InChI is InChI=1S/C25H17N3O2/c29-22(19-8-6-14-26-16-19)13-12-20-17-28(21-9-2-1-3-10-21)27-25(20)24-15-18-7-4-5-11-23(18)30-24/h1-17H/b13-12+. The van der Waals surface area contributed by atoms with Gasteiger partial charge in [-0.3, -0.25) is 9.78 Å². The van der Waals surface area contributed by atoms with Gasteiger partial charge in [0.2, 0.25) is 0 Å². The Morgan fingerprint density at radius 3 is 2.60 bits per heavy atom. The third-order valence-electron chi connectivity index (χ3n) is 4.78. The lowest BCUT2D eigenvalue weighted by atomic mass is 10.1. The van der Waals surface area contributed by atoms with Crippen molar-refractivity contribution in [2.24, 2.45) is 0 Å². The summed E-state index contributed by atoms with van der Waals surface area (Å²) in [7, 11) is 0. The normalized spacial score (nSPS) is 11.3.